The lowest BCUT2D eigenvalue weighted by atomic mass is 10.2. The summed E-state index contributed by atoms with van der Waals surface area (Å²) in [6.45, 7) is 5.66. The van der Waals surface area contributed by atoms with E-state index in [9.17, 15) is 0 Å². The Morgan fingerprint density at radius 2 is 2.17 bits per heavy atom. The van der Waals surface area contributed by atoms with Crippen molar-refractivity contribution in [1.82, 2.24) is 10.3 Å². The Morgan fingerprint density at radius 3 is 2.96 bits per heavy atom. The Labute approximate surface area is 142 Å². The van der Waals surface area contributed by atoms with Gasteiger partial charge in [-0.25, -0.2) is 0 Å². The van der Waals surface area contributed by atoms with Crippen LogP contribution in [0.15, 0.2) is 42.7 Å². The molecule has 0 atom stereocenters. The lowest BCUT2D eigenvalue weighted by Crippen LogP contribution is -2.17. The van der Waals surface area contributed by atoms with Gasteiger partial charge in [-0.05, 0) is 44.2 Å². The quantitative estimate of drug-likeness (QED) is 0.671. The minimum atomic E-state index is 0.493. The number of aromatic nitrogens is 1. The SMILES string of the molecule is CCOCCCNCc1cc(Cl)ccc1OCc1cccnc1. The molecule has 4 nitrogen and oxygen atoms in total. The summed E-state index contributed by atoms with van der Waals surface area (Å²) in [4.78, 5) is 4.09. The lowest BCUT2D eigenvalue weighted by Gasteiger charge is -2.13. The molecule has 1 aromatic heterocycles. The highest BCUT2D eigenvalue weighted by Crippen LogP contribution is 2.23. The molecular weight excluding hydrogens is 312 g/mol. The molecule has 0 aliphatic rings. The number of benzene rings is 1. The van der Waals surface area contributed by atoms with Crippen molar-refractivity contribution in [2.24, 2.45) is 0 Å². The van der Waals surface area contributed by atoms with Crippen LogP contribution in [-0.2, 0) is 17.9 Å². The van der Waals surface area contributed by atoms with E-state index < -0.39 is 0 Å². The average molecular weight is 335 g/mol. The minimum Gasteiger partial charge on any atom is -0.489 e. The largest absolute Gasteiger partial charge is 0.489 e. The second kappa shape index (κ2) is 10.2. The van der Waals surface area contributed by atoms with E-state index in [-0.39, 0.29) is 0 Å². The maximum absolute atomic E-state index is 6.10. The van der Waals surface area contributed by atoms with Crippen LogP contribution in [0.1, 0.15) is 24.5 Å². The number of hydrogen-bond acceptors (Lipinski definition) is 4. The first kappa shape index (κ1) is 17.7. The van der Waals surface area contributed by atoms with Gasteiger partial charge in [-0.1, -0.05) is 17.7 Å². The molecule has 1 aromatic carbocycles. The second-order valence-electron chi connectivity index (χ2n) is 5.13. The molecule has 0 saturated carbocycles. The highest BCUT2D eigenvalue weighted by molar-refractivity contribution is 6.30. The third-order valence-electron chi connectivity index (χ3n) is 3.30. The number of nitrogens with zero attached hydrogens (tertiary/aromatic N) is 1. The molecule has 0 fully saturated rings. The summed E-state index contributed by atoms with van der Waals surface area (Å²) in [7, 11) is 0. The summed E-state index contributed by atoms with van der Waals surface area (Å²) in [5.74, 6) is 0.843. The zero-order chi connectivity index (χ0) is 16.3. The summed E-state index contributed by atoms with van der Waals surface area (Å²) in [6.07, 6.45) is 4.55. The third-order valence-corrected chi connectivity index (χ3v) is 3.54. The van der Waals surface area contributed by atoms with Crippen LogP contribution in [0.5, 0.6) is 5.75 Å². The Balaban J connectivity index is 1.86. The highest BCUT2D eigenvalue weighted by atomic mass is 35.5. The maximum atomic E-state index is 6.10. The van der Waals surface area contributed by atoms with E-state index in [1.54, 1.807) is 6.20 Å². The van der Waals surface area contributed by atoms with E-state index in [1.165, 1.54) is 0 Å². The Bertz CT molecular complexity index is 578. The van der Waals surface area contributed by atoms with Gasteiger partial charge in [0, 0.05) is 48.3 Å². The van der Waals surface area contributed by atoms with Gasteiger partial charge in [-0.2, -0.15) is 0 Å². The van der Waals surface area contributed by atoms with Crippen LogP contribution in [0.25, 0.3) is 0 Å². The normalized spacial score (nSPS) is 10.7. The van der Waals surface area contributed by atoms with E-state index in [1.807, 2.05) is 43.5 Å². The standard InChI is InChI=1S/C18H23ClN2O2/c1-2-22-10-4-9-21-13-16-11-17(19)6-7-18(16)23-14-15-5-3-8-20-12-15/h3,5-8,11-12,21H,2,4,9-10,13-14H2,1H3. The molecule has 0 bridgehead atoms. The van der Waals surface area contributed by atoms with Crippen molar-refractivity contribution >= 4 is 11.6 Å². The number of nitrogens with one attached hydrogen (secondary N) is 1. The topological polar surface area (TPSA) is 43.4 Å². The third kappa shape index (κ3) is 6.57. The van der Waals surface area contributed by atoms with Crippen molar-refractivity contribution < 1.29 is 9.47 Å². The summed E-state index contributed by atoms with van der Waals surface area (Å²) >= 11 is 6.10. The van der Waals surface area contributed by atoms with E-state index in [4.69, 9.17) is 21.1 Å². The number of ether oxygens (including phenoxy) is 2. The van der Waals surface area contributed by atoms with Gasteiger partial charge in [0.15, 0.2) is 0 Å². The first-order chi connectivity index (χ1) is 11.3. The molecule has 1 heterocycles. The molecule has 0 aliphatic carbocycles. The van der Waals surface area contributed by atoms with Crippen LogP contribution in [0.2, 0.25) is 5.02 Å². The van der Waals surface area contributed by atoms with E-state index >= 15 is 0 Å². The maximum Gasteiger partial charge on any atom is 0.124 e. The molecule has 0 unspecified atom stereocenters. The summed E-state index contributed by atoms with van der Waals surface area (Å²) in [5.41, 5.74) is 2.09. The summed E-state index contributed by atoms with van der Waals surface area (Å²) in [6, 6.07) is 9.60. The summed E-state index contributed by atoms with van der Waals surface area (Å²) in [5, 5.41) is 4.11. The highest BCUT2D eigenvalue weighted by Gasteiger charge is 2.05. The number of hydrogen-bond donors (Lipinski definition) is 1. The van der Waals surface area contributed by atoms with Crippen LogP contribution >= 0.6 is 11.6 Å². The second-order valence-corrected chi connectivity index (χ2v) is 5.57. The Kier molecular flexibility index (Phi) is 7.87. The fourth-order valence-electron chi connectivity index (χ4n) is 2.14. The monoisotopic (exact) mass is 334 g/mol. The van der Waals surface area contributed by atoms with E-state index in [0.29, 0.717) is 11.6 Å². The molecule has 2 rings (SSSR count). The molecule has 0 aliphatic heterocycles. The average Bonchev–Trinajstić information content (AvgIpc) is 2.58. The van der Waals surface area contributed by atoms with E-state index in [2.05, 4.69) is 10.3 Å². The zero-order valence-electron chi connectivity index (χ0n) is 13.4. The fraction of sp³-hybridized carbons (Fsp3) is 0.389. The van der Waals surface area contributed by atoms with Crippen molar-refractivity contribution in [3.8, 4) is 5.75 Å². The van der Waals surface area contributed by atoms with Crippen LogP contribution in [0.3, 0.4) is 0 Å². The van der Waals surface area contributed by atoms with Crippen LogP contribution < -0.4 is 10.1 Å². The van der Waals surface area contributed by atoms with Crippen molar-refractivity contribution in [1.29, 1.82) is 0 Å². The molecule has 124 valence electrons. The molecular formula is C18H23ClN2O2. The molecule has 1 N–H and O–H groups in total. The fourth-order valence-corrected chi connectivity index (χ4v) is 2.33. The lowest BCUT2D eigenvalue weighted by molar-refractivity contribution is 0.144. The molecule has 2 aromatic rings. The van der Waals surface area contributed by atoms with Crippen LogP contribution in [0.4, 0.5) is 0 Å². The van der Waals surface area contributed by atoms with Crippen molar-refractivity contribution in [3.63, 3.8) is 0 Å². The van der Waals surface area contributed by atoms with Crippen molar-refractivity contribution in [3.05, 3.63) is 58.9 Å². The summed E-state index contributed by atoms with van der Waals surface area (Å²) < 4.78 is 11.2. The van der Waals surface area contributed by atoms with Gasteiger partial charge in [0.05, 0.1) is 0 Å². The van der Waals surface area contributed by atoms with Gasteiger partial charge < -0.3 is 14.8 Å². The van der Waals surface area contributed by atoms with Gasteiger partial charge >= 0.3 is 0 Å². The van der Waals surface area contributed by atoms with Gasteiger partial charge in [0.25, 0.3) is 0 Å². The predicted molar refractivity (Wildman–Crippen MR) is 92.8 cm³/mol. The Hall–Kier alpha value is -1.62. The number of rotatable bonds is 10. The minimum absolute atomic E-state index is 0.493. The van der Waals surface area contributed by atoms with Crippen LogP contribution in [0, 0.1) is 0 Å². The van der Waals surface area contributed by atoms with Gasteiger partial charge in [0.2, 0.25) is 0 Å². The zero-order valence-corrected chi connectivity index (χ0v) is 14.2. The molecule has 0 saturated heterocycles. The molecule has 0 spiro atoms. The molecule has 5 heteroatoms. The van der Waals surface area contributed by atoms with Gasteiger partial charge in [-0.15, -0.1) is 0 Å². The van der Waals surface area contributed by atoms with Gasteiger partial charge in [-0.3, -0.25) is 4.98 Å². The van der Waals surface area contributed by atoms with Crippen LogP contribution in [-0.4, -0.2) is 24.7 Å². The molecule has 0 radical (unpaired) electrons. The molecule has 23 heavy (non-hydrogen) atoms. The molecule has 0 amide bonds. The predicted octanol–water partition coefficient (Wildman–Crippen LogP) is 3.83. The number of pyridine rings is 1. The van der Waals surface area contributed by atoms with Crippen molar-refractivity contribution in [2.75, 3.05) is 19.8 Å². The Morgan fingerprint density at radius 1 is 1.26 bits per heavy atom. The van der Waals surface area contributed by atoms with Gasteiger partial charge in [0.1, 0.15) is 12.4 Å². The first-order valence-electron chi connectivity index (χ1n) is 7.88. The smallest absolute Gasteiger partial charge is 0.124 e. The number of halogens is 1. The van der Waals surface area contributed by atoms with Crippen molar-refractivity contribution in [2.45, 2.75) is 26.5 Å². The van der Waals surface area contributed by atoms with E-state index in [0.717, 1.165) is 49.6 Å². The first-order valence-corrected chi connectivity index (χ1v) is 8.26.